The third-order valence-corrected chi connectivity index (χ3v) is 3.20. The maximum Gasteiger partial charge on any atom is 0.401 e. The van der Waals surface area contributed by atoms with E-state index in [4.69, 9.17) is 4.84 Å². The van der Waals surface area contributed by atoms with E-state index in [1.807, 2.05) is 0 Å². The first-order valence-corrected chi connectivity index (χ1v) is 5.13. The number of hydrogen-bond donors (Lipinski definition) is 0. The molecular formula is C10H17F3NO2+. The van der Waals surface area contributed by atoms with Crippen molar-refractivity contribution >= 4 is 5.78 Å². The second kappa shape index (κ2) is 4.00. The molecule has 1 rings (SSSR count). The van der Waals surface area contributed by atoms with Crippen molar-refractivity contribution in [1.82, 2.24) is 0 Å². The summed E-state index contributed by atoms with van der Waals surface area (Å²) in [5.41, 5.74) is -2.04. The van der Waals surface area contributed by atoms with E-state index in [1.165, 1.54) is 7.11 Å². The molecule has 1 aliphatic rings. The minimum atomic E-state index is -4.39. The maximum atomic E-state index is 12.6. The molecule has 0 atom stereocenters. The molecular weight excluding hydrogens is 223 g/mol. The first kappa shape index (κ1) is 13.4. The van der Waals surface area contributed by atoms with E-state index in [1.54, 1.807) is 14.1 Å². The van der Waals surface area contributed by atoms with Crippen molar-refractivity contribution in [3.63, 3.8) is 0 Å². The highest BCUT2D eigenvalue weighted by Gasteiger charge is 2.67. The van der Waals surface area contributed by atoms with Crippen LogP contribution in [0.15, 0.2) is 0 Å². The van der Waals surface area contributed by atoms with Gasteiger partial charge in [-0.1, -0.05) is 0 Å². The molecule has 6 heteroatoms. The minimum Gasteiger partial charge on any atom is -0.298 e. The Hall–Kier alpha value is -0.620. The van der Waals surface area contributed by atoms with Crippen molar-refractivity contribution in [2.75, 3.05) is 27.7 Å². The molecule has 1 saturated carbocycles. The number of carbonyl (C=O) groups is 1. The molecule has 94 valence electrons. The van der Waals surface area contributed by atoms with Crippen LogP contribution in [0.25, 0.3) is 0 Å². The van der Waals surface area contributed by atoms with Crippen LogP contribution in [0.1, 0.15) is 19.3 Å². The Morgan fingerprint density at radius 2 is 1.88 bits per heavy atom. The fourth-order valence-electron chi connectivity index (χ4n) is 1.55. The number of carbonyl (C=O) groups excluding carboxylic acids is 1. The Kier molecular flexibility index (Phi) is 3.36. The van der Waals surface area contributed by atoms with Gasteiger partial charge in [0.05, 0.1) is 27.6 Å². The molecule has 0 heterocycles. The van der Waals surface area contributed by atoms with E-state index in [0.717, 1.165) is 0 Å². The lowest BCUT2D eigenvalue weighted by atomic mass is 9.97. The number of ketones is 1. The Labute approximate surface area is 92.7 Å². The van der Waals surface area contributed by atoms with E-state index in [9.17, 15) is 18.0 Å². The van der Waals surface area contributed by atoms with Gasteiger partial charge in [0, 0.05) is 0 Å². The Morgan fingerprint density at radius 1 is 1.38 bits per heavy atom. The summed E-state index contributed by atoms with van der Waals surface area (Å²) in [6, 6.07) is 0. The molecule has 0 bridgehead atoms. The Morgan fingerprint density at radius 3 is 2.19 bits per heavy atom. The summed E-state index contributed by atoms with van der Waals surface area (Å²) >= 11 is 0. The molecule has 0 aromatic carbocycles. The van der Waals surface area contributed by atoms with Gasteiger partial charge in [0.15, 0.2) is 5.78 Å². The van der Waals surface area contributed by atoms with Gasteiger partial charge in [-0.3, -0.25) is 4.79 Å². The number of hydrogen-bond acceptors (Lipinski definition) is 2. The number of halogens is 3. The number of quaternary nitrogens is 1. The molecule has 0 aliphatic heterocycles. The predicted octanol–water partition coefficient (Wildman–Crippen LogP) is 1.93. The van der Waals surface area contributed by atoms with E-state index in [2.05, 4.69) is 0 Å². The summed E-state index contributed by atoms with van der Waals surface area (Å²) in [5.74, 6) is -0.705. The van der Waals surface area contributed by atoms with Crippen molar-refractivity contribution in [2.24, 2.45) is 5.41 Å². The fraction of sp³-hybridized carbons (Fsp3) is 0.900. The van der Waals surface area contributed by atoms with Gasteiger partial charge >= 0.3 is 6.18 Å². The molecule has 0 unspecified atom stereocenters. The summed E-state index contributed by atoms with van der Waals surface area (Å²) in [5, 5.41) is 0. The highest BCUT2D eigenvalue weighted by atomic mass is 19.4. The van der Waals surface area contributed by atoms with Crippen LogP contribution in [0.5, 0.6) is 0 Å². The summed E-state index contributed by atoms with van der Waals surface area (Å²) in [6.07, 6.45) is -4.61. The SMILES string of the molecule is CO[N+](C)(C)CCC(=O)C1(C(F)(F)F)CC1. The van der Waals surface area contributed by atoms with Gasteiger partial charge in [0.2, 0.25) is 0 Å². The second-order valence-corrected chi connectivity index (χ2v) is 4.73. The van der Waals surface area contributed by atoms with Crippen molar-refractivity contribution < 1.29 is 27.4 Å². The summed E-state index contributed by atoms with van der Waals surface area (Å²) in [6.45, 7) is 0.257. The predicted molar refractivity (Wildman–Crippen MR) is 51.3 cm³/mol. The quantitative estimate of drug-likeness (QED) is 0.542. The zero-order valence-corrected chi connectivity index (χ0v) is 9.73. The number of Topliss-reactive ketones (excluding diaryl/α,β-unsaturated/α-hetero) is 1. The zero-order chi connectivity index (χ0) is 12.6. The van der Waals surface area contributed by atoms with Gasteiger partial charge in [0.25, 0.3) is 0 Å². The van der Waals surface area contributed by atoms with Gasteiger partial charge in [-0.2, -0.15) is 17.8 Å². The topological polar surface area (TPSA) is 26.3 Å². The highest BCUT2D eigenvalue weighted by molar-refractivity contribution is 5.88. The summed E-state index contributed by atoms with van der Waals surface area (Å²) in [4.78, 5) is 16.6. The van der Waals surface area contributed by atoms with E-state index in [0.29, 0.717) is 0 Å². The first-order valence-electron chi connectivity index (χ1n) is 5.13. The smallest absolute Gasteiger partial charge is 0.298 e. The molecule has 1 fully saturated rings. The number of hydroxylamine groups is 3. The number of alkyl halides is 3. The molecule has 16 heavy (non-hydrogen) atoms. The lowest BCUT2D eigenvalue weighted by molar-refractivity contribution is -1.07. The Bertz CT molecular complexity index is 282. The van der Waals surface area contributed by atoms with Crippen molar-refractivity contribution in [2.45, 2.75) is 25.4 Å². The van der Waals surface area contributed by atoms with Crippen LogP contribution in [0, 0.1) is 5.41 Å². The minimum absolute atomic E-state index is 0.0598. The van der Waals surface area contributed by atoms with Crippen LogP contribution in [-0.4, -0.2) is 44.4 Å². The van der Waals surface area contributed by atoms with E-state index in [-0.39, 0.29) is 30.5 Å². The summed E-state index contributed by atoms with van der Waals surface area (Å²) < 4.78 is 37.9. The highest BCUT2D eigenvalue weighted by Crippen LogP contribution is 2.58. The standard InChI is InChI=1S/C10H17F3NO2/c1-14(2,16-3)7-4-8(15)9(5-6-9)10(11,12)13/h4-7H2,1-3H3/q+1. The molecule has 1 aliphatic carbocycles. The third-order valence-electron chi connectivity index (χ3n) is 3.20. The fourth-order valence-corrected chi connectivity index (χ4v) is 1.55. The van der Waals surface area contributed by atoms with Crippen LogP contribution in [-0.2, 0) is 9.63 Å². The molecule has 0 aromatic heterocycles. The van der Waals surface area contributed by atoms with Crippen LogP contribution in [0.2, 0.25) is 0 Å². The molecule has 0 saturated heterocycles. The number of rotatable bonds is 5. The zero-order valence-electron chi connectivity index (χ0n) is 9.73. The monoisotopic (exact) mass is 240 g/mol. The second-order valence-electron chi connectivity index (χ2n) is 4.73. The van der Waals surface area contributed by atoms with Crippen molar-refractivity contribution in [3.05, 3.63) is 0 Å². The molecule has 3 nitrogen and oxygen atoms in total. The average Bonchev–Trinajstić information content (AvgIpc) is 2.94. The number of nitrogens with zero attached hydrogens (tertiary/aromatic N) is 1. The summed E-state index contributed by atoms with van der Waals surface area (Å²) in [7, 11) is 4.85. The van der Waals surface area contributed by atoms with Gasteiger partial charge in [0.1, 0.15) is 12.0 Å². The molecule has 0 spiro atoms. The van der Waals surface area contributed by atoms with Crippen LogP contribution in [0.3, 0.4) is 0 Å². The molecule has 0 amide bonds. The lowest BCUT2D eigenvalue weighted by Gasteiger charge is -2.25. The normalized spacial score (nSPS) is 19.6. The Balaban J connectivity index is 2.55. The molecule has 0 radical (unpaired) electrons. The average molecular weight is 240 g/mol. The van der Waals surface area contributed by atoms with Gasteiger partial charge in [-0.15, -0.1) is 0 Å². The largest absolute Gasteiger partial charge is 0.401 e. The maximum absolute atomic E-state index is 12.6. The van der Waals surface area contributed by atoms with Gasteiger partial charge in [-0.05, 0) is 12.8 Å². The molecule has 0 aromatic rings. The van der Waals surface area contributed by atoms with Crippen LogP contribution >= 0.6 is 0 Å². The van der Waals surface area contributed by atoms with E-state index >= 15 is 0 Å². The lowest BCUT2D eigenvalue weighted by Crippen LogP contribution is -2.42. The van der Waals surface area contributed by atoms with Crippen LogP contribution in [0.4, 0.5) is 13.2 Å². The third kappa shape index (κ3) is 2.55. The van der Waals surface area contributed by atoms with Crippen LogP contribution < -0.4 is 0 Å². The first-order chi connectivity index (χ1) is 7.15. The van der Waals surface area contributed by atoms with E-state index < -0.39 is 17.4 Å². The molecule has 0 N–H and O–H groups in total. The van der Waals surface area contributed by atoms with Gasteiger partial charge < -0.3 is 0 Å². The van der Waals surface area contributed by atoms with Crippen molar-refractivity contribution in [3.8, 4) is 0 Å². The van der Waals surface area contributed by atoms with Crippen molar-refractivity contribution in [1.29, 1.82) is 0 Å². The van der Waals surface area contributed by atoms with Gasteiger partial charge in [-0.25, -0.2) is 4.84 Å².